The van der Waals surface area contributed by atoms with Gasteiger partial charge in [-0.15, -0.1) is 0 Å². The standard InChI is InChI=1S/C15H10N2O5/c1-21-9-6-7-16-12(8-9)15(20)22-17-13(18)10-4-2-3-5-11(10)14(17)19/h2-8H,1H3. The number of ether oxygens (including phenoxy) is 1. The van der Waals surface area contributed by atoms with Crippen LogP contribution >= 0.6 is 0 Å². The van der Waals surface area contributed by atoms with Gasteiger partial charge in [0.05, 0.1) is 18.2 Å². The Labute approximate surface area is 125 Å². The second kappa shape index (κ2) is 5.28. The maximum Gasteiger partial charge on any atom is 0.382 e. The number of aromatic nitrogens is 1. The lowest BCUT2D eigenvalue weighted by atomic mass is 10.1. The third kappa shape index (κ3) is 2.18. The number of nitrogens with zero attached hydrogens (tertiary/aromatic N) is 2. The van der Waals surface area contributed by atoms with Gasteiger partial charge in [-0.1, -0.05) is 17.2 Å². The number of pyridine rings is 1. The van der Waals surface area contributed by atoms with Crippen molar-refractivity contribution < 1.29 is 24.0 Å². The highest BCUT2D eigenvalue weighted by Gasteiger charge is 2.38. The van der Waals surface area contributed by atoms with E-state index in [1.807, 2.05) is 0 Å². The molecule has 0 aliphatic carbocycles. The zero-order valence-corrected chi connectivity index (χ0v) is 11.5. The van der Waals surface area contributed by atoms with Crippen LogP contribution in [-0.2, 0) is 4.84 Å². The second-order valence-corrected chi connectivity index (χ2v) is 4.41. The van der Waals surface area contributed by atoms with Crippen molar-refractivity contribution in [2.24, 2.45) is 0 Å². The summed E-state index contributed by atoms with van der Waals surface area (Å²) in [5.41, 5.74) is 0.314. The van der Waals surface area contributed by atoms with E-state index in [0.717, 1.165) is 0 Å². The van der Waals surface area contributed by atoms with Gasteiger partial charge < -0.3 is 9.57 Å². The van der Waals surface area contributed by atoms with Gasteiger partial charge >= 0.3 is 5.97 Å². The molecule has 3 rings (SSSR count). The van der Waals surface area contributed by atoms with E-state index in [4.69, 9.17) is 9.57 Å². The lowest BCUT2D eigenvalue weighted by Crippen LogP contribution is -2.32. The SMILES string of the molecule is COc1ccnc(C(=O)ON2C(=O)c3ccccc3C2=O)c1. The van der Waals surface area contributed by atoms with Crippen LogP contribution in [0.2, 0.25) is 0 Å². The normalized spacial score (nSPS) is 13.0. The number of amides is 2. The van der Waals surface area contributed by atoms with Gasteiger partial charge in [-0.3, -0.25) is 9.59 Å². The molecule has 0 spiro atoms. The lowest BCUT2D eigenvalue weighted by molar-refractivity contribution is -0.0588. The molecule has 22 heavy (non-hydrogen) atoms. The fraction of sp³-hybridized carbons (Fsp3) is 0.0667. The van der Waals surface area contributed by atoms with E-state index in [-0.39, 0.29) is 16.8 Å². The fourth-order valence-corrected chi connectivity index (χ4v) is 2.03. The number of hydrogen-bond acceptors (Lipinski definition) is 6. The Morgan fingerprint density at radius 1 is 1.09 bits per heavy atom. The molecule has 1 aromatic carbocycles. The minimum atomic E-state index is -0.923. The maximum absolute atomic E-state index is 12.1. The highest BCUT2D eigenvalue weighted by Crippen LogP contribution is 2.23. The van der Waals surface area contributed by atoms with Crippen molar-refractivity contribution in [1.29, 1.82) is 0 Å². The molecule has 0 bridgehead atoms. The molecule has 2 amide bonds. The van der Waals surface area contributed by atoms with Crippen LogP contribution in [0.4, 0.5) is 0 Å². The van der Waals surface area contributed by atoms with Crippen molar-refractivity contribution in [1.82, 2.24) is 10.0 Å². The van der Waals surface area contributed by atoms with Crippen LogP contribution in [0.5, 0.6) is 5.75 Å². The van der Waals surface area contributed by atoms with E-state index in [0.29, 0.717) is 10.8 Å². The van der Waals surface area contributed by atoms with Crippen molar-refractivity contribution in [3.05, 3.63) is 59.4 Å². The Balaban J connectivity index is 1.84. The third-order valence-electron chi connectivity index (χ3n) is 3.11. The van der Waals surface area contributed by atoms with Gasteiger partial charge in [-0.05, 0) is 18.2 Å². The zero-order chi connectivity index (χ0) is 15.7. The first kappa shape index (κ1) is 13.7. The molecule has 0 N–H and O–H groups in total. The number of imide groups is 1. The molecule has 7 nitrogen and oxygen atoms in total. The minimum Gasteiger partial charge on any atom is -0.497 e. The molecule has 1 aliphatic heterocycles. The molecular weight excluding hydrogens is 288 g/mol. The molecule has 0 saturated carbocycles. The second-order valence-electron chi connectivity index (χ2n) is 4.41. The Kier molecular flexibility index (Phi) is 3.30. The highest BCUT2D eigenvalue weighted by atomic mass is 16.7. The van der Waals surface area contributed by atoms with Crippen LogP contribution in [0.3, 0.4) is 0 Å². The van der Waals surface area contributed by atoms with Crippen LogP contribution in [0.1, 0.15) is 31.2 Å². The van der Waals surface area contributed by atoms with Gasteiger partial charge in [0.1, 0.15) is 5.75 Å². The predicted molar refractivity (Wildman–Crippen MR) is 73.1 cm³/mol. The first-order valence-electron chi connectivity index (χ1n) is 6.32. The van der Waals surface area contributed by atoms with Crippen LogP contribution in [0, 0.1) is 0 Å². The number of carbonyl (C=O) groups excluding carboxylic acids is 3. The van der Waals surface area contributed by atoms with Gasteiger partial charge in [0.15, 0.2) is 5.69 Å². The molecule has 110 valence electrons. The van der Waals surface area contributed by atoms with Gasteiger partial charge in [0.25, 0.3) is 11.8 Å². The summed E-state index contributed by atoms with van der Waals surface area (Å²) >= 11 is 0. The summed E-state index contributed by atoms with van der Waals surface area (Å²) in [5, 5.41) is 0.439. The molecular formula is C15H10N2O5. The van der Waals surface area contributed by atoms with Gasteiger partial charge in [0, 0.05) is 12.3 Å². The average Bonchev–Trinajstić information content (AvgIpc) is 2.80. The molecule has 1 aromatic heterocycles. The van der Waals surface area contributed by atoms with Crippen LogP contribution in [0.25, 0.3) is 0 Å². The molecule has 1 aliphatic rings. The quantitative estimate of drug-likeness (QED) is 0.797. The Morgan fingerprint density at radius 3 is 2.32 bits per heavy atom. The van der Waals surface area contributed by atoms with Gasteiger partial charge in [-0.2, -0.15) is 0 Å². The third-order valence-corrected chi connectivity index (χ3v) is 3.11. The lowest BCUT2D eigenvalue weighted by Gasteiger charge is -2.12. The molecule has 7 heteroatoms. The van der Waals surface area contributed by atoms with Crippen molar-refractivity contribution in [3.8, 4) is 5.75 Å². The molecule has 0 fully saturated rings. The summed E-state index contributed by atoms with van der Waals surface area (Å²) in [5.74, 6) is -1.88. The van der Waals surface area contributed by atoms with Gasteiger partial charge in [0.2, 0.25) is 0 Å². The van der Waals surface area contributed by atoms with Crippen LogP contribution in [0.15, 0.2) is 42.6 Å². The summed E-state index contributed by atoms with van der Waals surface area (Å²) < 4.78 is 4.97. The van der Waals surface area contributed by atoms with Crippen LogP contribution in [-0.4, -0.2) is 34.9 Å². The van der Waals surface area contributed by atoms with E-state index in [1.165, 1.54) is 31.5 Å². The molecule has 2 aromatic rings. The van der Waals surface area contributed by atoms with E-state index >= 15 is 0 Å². The van der Waals surface area contributed by atoms with Crippen molar-refractivity contribution in [2.45, 2.75) is 0 Å². The smallest absolute Gasteiger partial charge is 0.382 e. The monoisotopic (exact) mass is 298 g/mol. The van der Waals surface area contributed by atoms with Crippen molar-refractivity contribution in [2.75, 3.05) is 7.11 Å². The topological polar surface area (TPSA) is 85.8 Å². The first-order valence-corrected chi connectivity index (χ1v) is 6.32. The largest absolute Gasteiger partial charge is 0.497 e. The van der Waals surface area contributed by atoms with Crippen molar-refractivity contribution in [3.63, 3.8) is 0 Å². The number of methoxy groups -OCH3 is 1. The van der Waals surface area contributed by atoms with Gasteiger partial charge in [-0.25, -0.2) is 9.78 Å². The average molecular weight is 298 g/mol. The molecule has 0 atom stereocenters. The number of hydrogen-bond donors (Lipinski definition) is 0. The van der Waals surface area contributed by atoms with E-state index in [2.05, 4.69) is 4.98 Å². The summed E-state index contributed by atoms with van der Waals surface area (Å²) in [6, 6.07) is 9.14. The number of carbonyl (C=O) groups is 3. The first-order chi connectivity index (χ1) is 10.6. The highest BCUT2D eigenvalue weighted by molar-refractivity contribution is 6.21. The molecule has 2 heterocycles. The number of fused-ring (bicyclic) bond motifs is 1. The number of hydroxylamine groups is 2. The zero-order valence-electron chi connectivity index (χ0n) is 11.5. The van der Waals surface area contributed by atoms with Crippen LogP contribution < -0.4 is 4.74 Å². The fourth-order valence-electron chi connectivity index (χ4n) is 2.03. The van der Waals surface area contributed by atoms with E-state index in [9.17, 15) is 14.4 Å². The Hall–Kier alpha value is -3.22. The Morgan fingerprint density at radius 2 is 1.73 bits per heavy atom. The number of rotatable bonds is 3. The molecule has 0 radical (unpaired) electrons. The summed E-state index contributed by atoms with van der Waals surface area (Å²) in [6.07, 6.45) is 1.36. The Bertz CT molecular complexity index is 752. The molecule has 0 saturated heterocycles. The van der Waals surface area contributed by atoms with E-state index in [1.54, 1.807) is 18.2 Å². The summed E-state index contributed by atoms with van der Waals surface area (Å²) in [7, 11) is 1.44. The summed E-state index contributed by atoms with van der Waals surface area (Å²) in [4.78, 5) is 44.9. The van der Waals surface area contributed by atoms with E-state index < -0.39 is 17.8 Å². The van der Waals surface area contributed by atoms with Crippen molar-refractivity contribution >= 4 is 17.8 Å². The maximum atomic E-state index is 12.1. The summed E-state index contributed by atoms with van der Waals surface area (Å²) in [6.45, 7) is 0. The predicted octanol–water partition coefficient (Wildman–Crippen LogP) is 1.46. The number of benzene rings is 1. The minimum absolute atomic E-state index is 0.0732. The molecule has 0 unspecified atom stereocenters.